The smallest absolute Gasteiger partial charge is 0.135 e. The number of nitrogens with two attached hydrogens (primary N) is 3. The second kappa shape index (κ2) is 16.3. The summed E-state index contributed by atoms with van der Waals surface area (Å²) in [6, 6.07) is 0. The summed E-state index contributed by atoms with van der Waals surface area (Å²) >= 11 is 0. The Morgan fingerprint density at radius 2 is 1.25 bits per heavy atom. The van der Waals surface area contributed by atoms with Crippen LogP contribution in [-0.2, 0) is 0 Å². The van der Waals surface area contributed by atoms with Gasteiger partial charge in [0.25, 0.3) is 0 Å². The second-order valence-corrected chi connectivity index (χ2v) is 1.51. The van der Waals surface area contributed by atoms with Crippen molar-refractivity contribution in [2.75, 3.05) is 0 Å². The summed E-state index contributed by atoms with van der Waals surface area (Å²) < 4.78 is 0. The third-order valence-electron chi connectivity index (χ3n) is 0.361. The van der Waals surface area contributed by atoms with E-state index < -0.39 is 0 Å². The number of hydrogen-bond donors (Lipinski definition) is 4. The zero-order valence-corrected chi connectivity index (χ0v) is 6.07. The molecule has 76 valence electrons. The standard InChI is InChI=1S/C2H7N3.C2H6N2O.2CH4/c1-2(3)5-4;1-2(3)4-5;;/h4H2,1H3,(H2,3,5);5H,1H3,(H2,3,4);2*1H4. The Labute approximate surface area is 74.1 Å². The maximum Gasteiger partial charge on any atom is 0.135 e. The topological polar surface area (TPSA) is 123 Å². The predicted molar refractivity (Wildman–Crippen MR) is 54.0 cm³/mol. The number of amidine groups is 2. The van der Waals surface area contributed by atoms with Gasteiger partial charge in [-0.15, -0.1) is 0 Å². The summed E-state index contributed by atoms with van der Waals surface area (Å²) in [6.45, 7) is 3.12. The maximum atomic E-state index is 7.61. The number of hydrogen-bond acceptors (Lipinski definition) is 4. The highest BCUT2D eigenvalue weighted by atomic mass is 16.4. The molecule has 6 nitrogen and oxygen atoms in total. The van der Waals surface area contributed by atoms with Gasteiger partial charge in [-0.2, -0.15) is 5.10 Å². The van der Waals surface area contributed by atoms with Crippen LogP contribution in [0.1, 0.15) is 28.7 Å². The van der Waals surface area contributed by atoms with Gasteiger partial charge in [-0.05, 0) is 13.8 Å². The number of nitrogens with zero attached hydrogens (tertiary/aromatic N) is 2. The molecule has 0 heterocycles. The molecule has 0 bridgehead atoms. The van der Waals surface area contributed by atoms with E-state index in [2.05, 4.69) is 16.1 Å². The molecule has 0 spiro atoms. The van der Waals surface area contributed by atoms with Crippen molar-refractivity contribution < 1.29 is 5.21 Å². The van der Waals surface area contributed by atoms with Gasteiger partial charge in [0.15, 0.2) is 0 Å². The van der Waals surface area contributed by atoms with Gasteiger partial charge in [0.05, 0.1) is 0 Å². The molecule has 0 amide bonds. The minimum atomic E-state index is 0. The van der Waals surface area contributed by atoms with E-state index in [1.54, 1.807) is 6.92 Å². The van der Waals surface area contributed by atoms with Crippen molar-refractivity contribution in [3.05, 3.63) is 0 Å². The van der Waals surface area contributed by atoms with E-state index in [-0.39, 0.29) is 20.7 Å². The SMILES string of the molecule is C.C.C/C(N)=N/O.CC(N)=NN. The van der Waals surface area contributed by atoms with E-state index in [9.17, 15) is 0 Å². The highest BCUT2D eigenvalue weighted by molar-refractivity contribution is 5.77. The normalized spacial score (nSPS) is 9.83. The summed E-state index contributed by atoms with van der Waals surface area (Å²) in [5.74, 6) is 5.23. The van der Waals surface area contributed by atoms with Crippen molar-refractivity contribution in [2.45, 2.75) is 28.7 Å². The second-order valence-electron chi connectivity index (χ2n) is 1.51. The molecular weight excluding hydrogens is 158 g/mol. The fourth-order valence-electron chi connectivity index (χ4n) is 0. The van der Waals surface area contributed by atoms with Crippen LogP contribution in [0.2, 0.25) is 0 Å². The number of hydrazone groups is 1. The average molecular weight is 179 g/mol. The summed E-state index contributed by atoms with van der Waals surface area (Å²) in [5, 5.41) is 13.3. The molecule has 0 aromatic heterocycles. The first kappa shape index (κ1) is 22.4. The molecule has 0 aromatic carbocycles. The van der Waals surface area contributed by atoms with E-state index in [1.807, 2.05) is 0 Å². The Morgan fingerprint density at radius 3 is 1.25 bits per heavy atom. The van der Waals surface area contributed by atoms with Gasteiger partial charge < -0.3 is 22.5 Å². The predicted octanol–water partition coefficient (Wildman–Crippen LogP) is 0.262. The zero-order valence-electron chi connectivity index (χ0n) is 6.07. The number of oxime groups is 1. The molecule has 6 heteroatoms. The summed E-state index contributed by atoms with van der Waals surface area (Å²) in [5.41, 5.74) is 9.71. The van der Waals surface area contributed by atoms with E-state index in [1.165, 1.54) is 6.92 Å². The lowest BCUT2D eigenvalue weighted by Gasteiger charge is -1.75. The van der Waals surface area contributed by atoms with Gasteiger partial charge >= 0.3 is 0 Å². The Kier molecular flexibility index (Phi) is 30.4. The van der Waals surface area contributed by atoms with E-state index in [4.69, 9.17) is 16.7 Å². The van der Waals surface area contributed by atoms with E-state index >= 15 is 0 Å². The molecule has 7 N–H and O–H groups in total. The molecule has 0 atom stereocenters. The minimum absolute atomic E-state index is 0. The Bertz CT molecular complexity index is 108. The maximum absolute atomic E-state index is 7.61. The van der Waals surface area contributed by atoms with Gasteiger partial charge in [-0.25, -0.2) is 0 Å². The summed E-state index contributed by atoms with van der Waals surface area (Å²) in [7, 11) is 0. The van der Waals surface area contributed by atoms with Gasteiger partial charge in [0.2, 0.25) is 0 Å². The third-order valence-corrected chi connectivity index (χ3v) is 0.361. The van der Waals surface area contributed by atoms with Crippen LogP contribution in [0.25, 0.3) is 0 Å². The van der Waals surface area contributed by atoms with Crippen molar-refractivity contribution in [3.63, 3.8) is 0 Å². The fourth-order valence-corrected chi connectivity index (χ4v) is 0. The van der Waals surface area contributed by atoms with Crippen LogP contribution in [-0.4, -0.2) is 16.9 Å². The molecule has 0 saturated heterocycles. The molecule has 12 heavy (non-hydrogen) atoms. The molecule has 0 aliphatic carbocycles. The first-order chi connectivity index (χ1) is 4.54. The highest BCUT2D eigenvalue weighted by Gasteiger charge is 1.64. The molecule has 0 fully saturated rings. The lowest BCUT2D eigenvalue weighted by atomic mass is 10.7. The molecule has 0 unspecified atom stereocenters. The molecule has 0 radical (unpaired) electrons. The molecule has 0 aliphatic rings. The van der Waals surface area contributed by atoms with Gasteiger partial charge in [0.1, 0.15) is 11.7 Å². The summed E-state index contributed by atoms with van der Waals surface area (Å²) in [4.78, 5) is 0. The fraction of sp³-hybridized carbons (Fsp3) is 0.667. The molecule has 0 saturated carbocycles. The molecule has 0 rings (SSSR count). The van der Waals surface area contributed by atoms with Crippen LogP contribution in [0.5, 0.6) is 0 Å². The average Bonchev–Trinajstić information content (AvgIpc) is 1.89. The van der Waals surface area contributed by atoms with Crippen LogP contribution in [0.4, 0.5) is 0 Å². The minimum Gasteiger partial charge on any atom is -0.409 e. The lowest BCUT2D eigenvalue weighted by molar-refractivity contribution is 0.318. The monoisotopic (exact) mass is 179 g/mol. The molecule has 0 aliphatic heterocycles. The van der Waals surface area contributed by atoms with Crippen LogP contribution >= 0.6 is 0 Å². The van der Waals surface area contributed by atoms with Crippen molar-refractivity contribution in [1.29, 1.82) is 0 Å². The first-order valence-electron chi connectivity index (χ1n) is 2.48. The van der Waals surface area contributed by atoms with Crippen LogP contribution in [0, 0.1) is 0 Å². The lowest BCUT2D eigenvalue weighted by Crippen LogP contribution is -2.07. The van der Waals surface area contributed by atoms with E-state index in [0.29, 0.717) is 5.84 Å². The quantitative estimate of drug-likeness (QED) is 0.140. The Balaban J connectivity index is -0.0000000457. The third kappa shape index (κ3) is 75.3. The van der Waals surface area contributed by atoms with Crippen LogP contribution in [0.15, 0.2) is 10.3 Å². The largest absolute Gasteiger partial charge is 0.409 e. The van der Waals surface area contributed by atoms with Crippen molar-refractivity contribution >= 4 is 11.7 Å². The van der Waals surface area contributed by atoms with Crippen molar-refractivity contribution in [3.8, 4) is 0 Å². The Morgan fingerprint density at radius 1 is 1.08 bits per heavy atom. The van der Waals surface area contributed by atoms with E-state index in [0.717, 1.165) is 0 Å². The molecular formula is C6H21N5O. The van der Waals surface area contributed by atoms with Gasteiger partial charge in [0, 0.05) is 0 Å². The summed E-state index contributed by atoms with van der Waals surface area (Å²) in [6.07, 6.45) is 0. The van der Waals surface area contributed by atoms with Gasteiger partial charge in [-0.1, -0.05) is 20.0 Å². The molecule has 0 aromatic rings. The van der Waals surface area contributed by atoms with Crippen molar-refractivity contribution in [1.82, 2.24) is 0 Å². The van der Waals surface area contributed by atoms with Crippen molar-refractivity contribution in [2.24, 2.45) is 27.6 Å². The van der Waals surface area contributed by atoms with Gasteiger partial charge in [-0.3, -0.25) is 0 Å². The van der Waals surface area contributed by atoms with Crippen LogP contribution < -0.4 is 17.3 Å². The first-order valence-corrected chi connectivity index (χ1v) is 2.48. The van der Waals surface area contributed by atoms with Crippen LogP contribution in [0.3, 0.4) is 0 Å². The Hall–Kier alpha value is -1.46. The highest BCUT2D eigenvalue weighted by Crippen LogP contribution is 1.51. The zero-order chi connectivity index (χ0) is 8.57. The number of rotatable bonds is 0.